The minimum atomic E-state index is -0.386. The maximum absolute atomic E-state index is 12.3. The van der Waals surface area contributed by atoms with Gasteiger partial charge in [-0.1, -0.05) is 18.5 Å². The highest BCUT2D eigenvalue weighted by atomic mass is 35.5. The summed E-state index contributed by atoms with van der Waals surface area (Å²) in [5.74, 6) is 1.44. The van der Waals surface area contributed by atoms with Crippen LogP contribution >= 0.6 is 11.6 Å². The summed E-state index contributed by atoms with van der Waals surface area (Å²) in [6, 6.07) is 12.3. The molecule has 8 nitrogen and oxygen atoms in total. The molecule has 2 aromatic carbocycles. The van der Waals surface area contributed by atoms with E-state index in [1.165, 1.54) is 0 Å². The van der Waals surface area contributed by atoms with Crippen LogP contribution in [0.15, 0.2) is 52.4 Å². The van der Waals surface area contributed by atoms with Gasteiger partial charge < -0.3 is 9.47 Å². The molecule has 0 atom stereocenters. The molecule has 0 saturated heterocycles. The van der Waals surface area contributed by atoms with Crippen molar-refractivity contribution in [3.63, 3.8) is 0 Å². The highest BCUT2D eigenvalue weighted by Gasteiger charge is 2.07. The molecule has 0 aliphatic carbocycles. The van der Waals surface area contributed by atoms with Crippen molar-refractivity contribution in [3.8, 4) is 22.8 Å². The first-order chi connectivity index (χ1) is 14.1. The number of aromatic nitrogens is 3. The van der Waals surface area contributed by atoms with Crippen molar-refractivity contribution in [2.45, 2.75) is 13.3 Å². The Morgan fingerprint density at radius 1 is 1.21 bits per heavy atom. The van der Waals surface area contributed by atoms with Gasteiger partial charge in [0.25, 0.3) is 5.56 Å². The van der Waals surface area contributed by atoms with Crippen LogP contribution in [0.4, 0.5) is 5.95 Å². The molecule has 1 heterocycles. The van der Waals surface area contributed by atoms with Crippen LogP contribution in [0.25, 0.3) is 11.3 Å². The zero-order valence-corrected chi connectivity index (χ0v) is 16.7. The second kappa shape index (κ2) is 9.70. The lowest BCUT2D eigenvalue weighted by Gasteiger charge is -2.07. The number of hydrogen-bond donors (Lipinski definition) is 2. The third kappa shape index (κ3) is 5.32. The van der Waals surface area contributed by atoms with Crippen molar-refractivity contribution in [1.82, 2.24) is 15.2 Å². The number of hydrazone groups is 1. The summed E-state index contributed by atoms with van der Waals surface area (Å²) in [4.78, 5) is 14.9. The van der Waals surface area contributed by atoms with Gasteiger partial charge >= 0.3 is 0 Å². The van der Waals surface area contributed by atoms with Gasteiger partial charge in [0, 0.05) is 5.56 Å². The van der Waals surface area contributed by atoms with E-state index >= 15 is 0 Å². The summed E-state index contributed by atoms with van der Waals surface area (Å²) in [5, 5.41) is 12.5. The quantitative estimate of drug-likeness (QED) is 0.431. The van der Waals surface area contributed by atoms with Crippen molar-refractivity contribution < 1.29 is 9.47 Å². The Morgan fingerprint density at radius 2 is 2.00 bits per heavy atom. The van der Waals surface area contributed by atoms with Gasteiger partial charge in [0.1, 0.15) is 11.5 Å². The van der Waals surface area contributed by atoms with E-state index in [-0.39, 0.29) is 17.2 Å². The lowest BCUT2D eigenvalue weighted by Crippen LogP contribution is -2.15. The lowest BCUT2D eigenvalue weighted by molar-refractivity contribution is 0.317. The molecule has 0 unspecified atom stereocenters. The lowest BCUT2D eigenvalue weighted by atomic mass is 10.1. The van der Waals surface area contributed by atoms with Crippen molar-refractivity contribution in [1.29, 1.82) is 0 Å². The molecule has 0 radical (unpaired) electrons. The number of hydrogen-bond acceptors (Lipinski definition) is 7. The number of nitrogens with zero attached hydrogens (tertiary/aromatic N) is 3. The van der Waals surface area contributed by atoms with Crippen LogP contribution in [-0.2, 0) is 0 Å². The monoisotopic (exact) mass is 413 g/mol. The Kier molecular flexibility index (Phi) is 6.80. The first kappa shape index (κ1) is 20.3. The highest BCUT2D eigenvalue weighted by Crippen LogP contribution is 2.25. The molecule has 3 aromatic rings. The van der Waals surface area contributed by atoms with Crippen molar-refractivity contribution in [2.24, 2.45) is 5.10 Å². The summed E-state index contributed by atoms with van der Waals surface area (Å²) in [6.07, 6.45) is 2.45. The number of anilines is 1. The summed E-state index contributed by atoms with van der Waals surface area (Å²) >= 11 is 6.19. The van der Waals surface area contributed by atoms with Gasteiger partial charge in [0.2, 0.25) is 5.95 Å². The summed E-state index contributed by atoms with van der Waals surface area (Å²) in [6.45, 7) is 2.63. The fourth-order valence-electron chi connectivity index (χ4n) is 2.42. The zero-order chi connectivity index (χ0) is 20.6. The van der Waals surface area contributed by atoms with Crippen LogP contribution in [0.3, 0.4) is 0 Å². The van der Waals surface area contributed by atoms with Gasteiger partial charge in [-0.15, -0.1) is 10.2 Å². The number of aromatic amines is 1. The fourth-order valence-corrected chi connectivity index (χ4v) is 2.66. The average molecular weight is 414 g/mol. The maximum Gasteiger partial charge on any atom is 0.279 e. The van der Waals surface area contributed by atoms with E-state index < -0.39 is 0 Å². The number of H-pyrrole nitrogens is 1. The molecule has 0 bridgehead atoms. The van der Waals surface area contributed by atoms with Crippen LogP contribution in [-0.4, -0.2) is 35.1 Å². The molecule has 29 heavy (non-hydrogen) atoms. The van der Waals surface area contributed by atoms with E-state index in [0.29, 0.717) is 28.7 Å². The van der Waals surface area contributed by atoms with Crippen LogP contribution in [0.1, 0.15) is 18.9 Å². The molecular formula is C20H20ClN5O3. The Bertz CT molecular complexity index is 1050. The summed E-state index contributed by atoms with van der Waals surface area (Å²) in [7, 11) is 1.57. The van der Waals surface area contributed by atoms with E-state index in [1.807, 2.05) is 13.0 Å². The molecule has 0 spiro atoms. The normalized spacial score (nSPS) is 10.9. The van der Waals surface area contributed by atoms with Gasteiger partial charge in [0.15, 0.2) is 5.69 Å². The highest BCUT2D eigenvalue weighted by molar-refractivity contribution is 6.32. The zero-order valence-electron chi connectivity index (χ0n) is 16.0. The number of benzene rings is 2. The molecule has 0 fully saturated rings. The maximum atomic E-state index is 12.3. The van der Waals surface area contributed by atoms with Crippen LogP contribution in [0.5, 0.6) is 11.5 Å². The largest absolute Gasteiger partial charge is 0.497 e. The number of methoxy groups -OCH3 is 1. The topological polar surface area (TPSA) is 101 Å². The number of nitrogens with one attached hydrogen (secondary N) is 2. The molecule has 0 saturated carbocycles. The number of ether oxygens (including phenoxy) is 2. The van der Waals surface area contributed by atoms with Crippen LogP contribution in [0, 0.1) is 0 Å². The SMILES string of the molecule is CCCOc1ccc(/C=N/Nc2nnc(-c3ccc(OC)cc3)c(=O)[nH]2)cc1Cl. The van der Waals surface area contributed by atoms with Gasteiger partial charge in [0.05, 0.1) is 25.0 Å². The van der Waals surface area contributed by atoms with Crippen molar-refractivity contribution in [2.75, 3.05) is 19.1 Å². The summed E-state index contributed by atoms with van der Waals surface area (Å²) < 4.78 is 10.6. The molecular weight excluding hydrogens is 394 g/mol. The first-order valence-electron chi connectivity index (χ1n) is 8.93. The molecule has 0 aliphatic heterocycles. The second-order valence-electron chi connectivity index (χ2n) is 5.99. The minimum absolute atomic E-state index is 0.123. The van der Waals surface area contributed by atoms with E-state index in [0.717, 1.165) is 12.0 Å². The van der Waals surface area contributed by atoms with E-state index in [2.05, 4.69) is 25.7 Å². The molecule has 2 N–H and O–H groups in total. The van der Waals surface area contributed by atoms with Crippen LogP contribution in [0.2, 0.25) is 5.02 Å². The second-order valence-corrected chi connectivity index (χ2v) is 6.40. The van der Waals surface area contributed by atoms with E-state index in [4.69, 9.17) is 21.1 Å². The van der Waals surface area contributed by atoms with Gasteiger partial charge in [-0.25, -0.2) is 5.43 Å². The third-order valence-corrected chi connectivity index (χ3v) is 4.16. The average Bonchev–Trinajstić information content (AvgIpc) is 2.73. The standard InChI is InChI=1S/C20H20ClN5O3/c1-3-10-29-17-9-4-13(11-16(17)21)12-22-25-20-23-19(27)18(24-26-20)14-5-7-15(28-2)8-6-14/h4-9,11-12H,3,10H2,1-2H3,(H2,23,25,26,27)/b22-12+. The Balaban J connectivity index is 1.67. The Hall–Kier alpha value is -3.39. The molecule has 9 heteroatoms. The predicted octanol–water partition coefficient (Wildman–Crippen LogP) is 3.73. The van der Waals surface area contributed by atoms with Gasteiger partial charge in [-0.2, -0.15) is 5.10 Å². The van der Waals surface area contributed by atoms with E-state index in [1.54, 1.807) is 49.7 Å². The minimum Gasteiger partial charge on any atom is -0.497 e. The first-order valence-corrected chi connectivity index (χ1v) is 9.31. The van der Waals surface area contributed by atoms with E-state index in [9.17, 15) is 4.79 Å². The Labute approximate surface area is 172 Å². The third-order valence-electron chi connectivity index (χ3n) is 3.86. The Morgan fingerprint density at radius 3 is 2.66 bits per heavy atom. The van der Waals surface area contributed by atoms with Crippen molar-refractivity contribution in [3.05, 3.63) is 63.4 Å². The molecule has 0 aliphatic rings. The predicted molar refractivity (Wildman–Crippen MR) is 113 cm³/mol. The molecule has 1 aromatic heterocycles. The van der Waals surface area contributed by atoms with Gasteiger partial charge in [-0.3, -0.25) is 9.78 Å². The number of rotatable bonds is 8. The van der Waals surface area contributed by atoms with Crippen molar-refractivity contribution >= 4 is 23.8 Å². The van der Waals surface area contributed by atoms with Crippen LogP contribution < -0.4 is 20.5 Å². The smallest absolute Gasteiger partial charge is 0.279 e. The summed E-state index contributed by atoms with van der Waals surface area (Å²) in [5.41, 5.74) is 3.86. The van der Waals surface area contributed by atoms with Gasteiger partial charge in [-0.05, 0) is 54.4 Å². The fraction of sp³-hybridized carbons (Fsp3) is 0.200. The molecule has 3 rings (SSSR count). The molecule has 0 amide bonds. The molecule has 150 valence electrons. The number of halogens is 1.